The Balaban J connectivity index is 1.90. The van der Waals surface area contributed by atoms with Crippen molar-refractivity contribution in [2.24, 2.45) is 5.92 Å². The summed E-state index contributed by atoms with van der Waals surface area (Å²) in [5.41, 5.74) is 2.65. The summed E-state index contributed by atoms with van der Waals surface area (Å²) >= 11 is 0. The lowest BCUT2D eigenvalue weighted by Crippen LogP contribution is -2.30. The monoisotopic (exact) mass is 275 g/mol. The van der Waals surface area contributed by atoms with E-state index in [1.54, 1.807) is 0 Å². The van der Waals surface area contributed by atoms with E-state index in [-0.39, 0.29) is 6.10 Å². The predicted molar refractivity (Wildman–Crippen MR) is 85.0 cm³/mol. The van der Waals surface area contributed by atoms with Crippen molar-refractivity contribution in [1.29, 1.82) is 0 Å². The van der Waals surface area contributed by atoms with E-state index in [0.29, 0.717) is 6.04 Å². The van der Waals surface area contributed by atoms with Gasteiger partial charge < -0.3 is 10.1 Å². The molecular weight excluding hydrogens is 246 g/mol. The fourth-order valence-corrected chi connectivity index (χ4v) is 2.71. The maximum atomic E-state index is 6.20. The van der Waals surface area contributed by atoms with Gasteiger partial charge in [-0.15, -0.1) is 0 Å². The molecule has 2 nitrogen and oxygen atoms in total. The molecule has 0 amide bonds. The van der Waals surface area contributed by atoms with E-state index in [2.05, 4.69) is 50.4 Å². The molecule has 1 aliphatic carbocycles. The van der Waals surface area contributed by atoms with Crippen LogP contribution in [0.4, 0.5) is 0 Å². The van der Waals surface area contributed by atoms with E-state index in [4.69, 9.17) is 4.74 Å². The standard InChI is InChI=1S/C18H29NO/c1-14(2)19-13-18(17-10-5-4-7-15(17)3)20-12-11-16-8-6-9-16/h4-5,7,10,14,16,18-19H,6,8-9,11-13H2,1-3H3. The van der Waals surface area contributed by atoms with Gasteiger partial charge in [-0.1, -0.05) is 57.4 Å². The smallest absolute Gasteiger partial charge is 0.0951 e. The lowest BCUT2D eigenvalue weighted by atomic mass is 9.83. The Hall–Kier alpha value is -0.860. The molecule has 1 aromatic carbocycles. The van der Waals surface area contributed by atoms with Gasteiger partial charge in [-0.05, 0) is 30.4 Å². The fourth-order valence-electron chi connectivity index (χ4n) is 2.71. The topological polar surface area (TPSA) is 21.3 Å². The molecule has 0 aromatic heterocycles. The Bertz CT molecular complexity index is 398. The predicted octanol–water partition coefficient (Wildman–Crippen LogP) is 4.24. The minimum Gasteiger partial charge on any atom is -0.372 e. The molecule has 0 spiro atoms. The van der Waals surface area contributed by atoms with Crippen LogP contribution in [0.25, 0.3) is 0 Å². The van der Waals surface area contributed by atoms with Crippen molar-refractivity contribution in [2.75, 3.05) is 13.2 Å². The highest BCUT2D eigenvalue weighted by molar-refractivity contribution is 5.28. The van der Waals surface area contributed by atoms with Crippen LogP contribution >= 0.6 is 0 Å². The molecule has 1 atom stereocenters. The average molecular weight is 275 g/mol. The lowest BCUT2D eigenvalue weighted by molar-refractivity contribution is 0.0357. The van der Waals surface area contributed by atoms with Crippen LogP contribution in [0.3, 0.4) is 0 Å². The molecule has 1 fully saturated rings. The van der Waals surface area contributed by atoms with Crippen LogP contribution in [-0.4, -0.2) is 19.2 Å². The van der Waals surface area contributed by atoms with Crippen molar-refractivity contribution in [1.82, 2.24) is 5.32 Å². The van der Waals surface area contributed by atoms with Gasteiger partial charge in [0.05, 0.1) is 6.10 Å². The summed E-state index contributed by atoms with van der Waals surface area (Å²) in [6, 6.07) is 9.08. The van der Waals surface area contributed by atoms with Crippen molar-refractivity contribution >= 4 is 0 Å². The summed E-state index contributed by atoms with van der Waals surface area (Å²) in [4.78, 5) is 0. The Morgan fingerprint density at radius 3 is 2.60 bits per heavy atom. The maximum Gasteiger partial charge on any atom is 0.0951 e. The minimum atomic E-state index is 0.179. The highest BCUT2D eigenvalue weighted by Gasteiger charge is 2.19. The van der Waals surface area contributed by atoms with Crippen molar-refractivity contribution in [3.8, 4) is 0 Å². The average Bonchev–Trinajstić information content (AvgIpc) is 2.36. The summed E-state index contributed by atoms with van der Waals surface area (Å²) < 4.78 is 6.20. The molecule has 1 aromatic rings. The third-order valence-electron chi connectivity index (χ3n) is 4.32. The fraction of sp³-hybridized carbons (Fsp3) is 0.667. The van der Waals surface area contributed by atoms with Crippen molar-refractivity contribution in [3.63, 3.8) is 0 Å². The van der Waals surface area contributed by atoms with Crippen LogP contribution < -0.4 is 5.32 Å². The highest BCUT2D eigenvalue weighted by Crippen LogP contribution is 2.30. The largest absolute Gasteiger partial charge is 0.372 e. The maximum absolute atomic E-state index is 6.20. The minimum absolute atomic E-state index is 0.179. The van der Waals surface area contributed by atoms with Crippen LogP contribution in [-0.2, 0) is 4.74 Å². The molecule has 1 saturated carbocycles. The summed E-state index contributed by atoms with van der Waals surface area (Å²) in [6.07, 6.45) is 5.63. The number of rotatable bonds is 8. The van der Waals surface area contributed by atoms with Gasteiger partial charge in [-0.3, -0.25) is 0 Å². The van der Waals surface area contributed by atoms with E-state index >= 15 is 0 Å². The molecule has 0 heterocycles. The molecule has 0 radical (unpaired) electrons. The molecule has 0 aliphatic heterocycles. The second kappa shape index (κ2) is 7.80. The third-order valence-corrected chi connectivity index (χ3v) is 4.32. The summed E-state index contributed by atoms with van der Waals surface area (Å²) in [7, 11) is 0. The zero-order valence-corrected chi connectivity index (χ0v) is 13.2. The Labute approximate surface area is 123 Å². The van der Waals surface area contributed by atoms with E-state index in [1.807, 2.05) is 0 Å². The highest BCUT2D eigenvalue weighted by atomic mass is 16.5. The first-order chi connectivity index (χ1) is 9.66. The van der Waals surface area contributed by atoms with Crippen LogP contribution in [0.2, 0.25) is 0 Å². The molecular formula is C18H29NO. The van der Waals surface area contributed by atoms with Crippen molar-refractivity contribution < 1.29 is 4.74 Å². The van der Waals surface area contributed by atoms with Crippen molar-refractivity contribution in [3.05, 3.63) is 35.4 Å². The van der Waals surface area contributed by atoms with E-state index < -0.39 is 0 Å². The van der Waals surface area contributed by atoms with Crippen LogP contribution in [0, 0.1) is 12.8 Å². The number of aryl methyl sites for hydroxylation is 1. The third kappa shape index (κ3) is 4.60. The van der Waals surface area contributed by atoms with E-state index in [9.17, 15) is 0 Å². The van der Waals surface area contributed by atoms with Gasteiger partial charge in [-0.25, -0.2) is 0 Å². The Morgan fingerprint density at radius 2 is 2.00 bits per heavy atom. The number of hydrogen-bond acceptors (Lipinski definition) is 2. The quantitative estimate of drug-likeness (QED) is 0.766. The summed E-state index contributed by atoms with van der Waals surface area (Å²) in [6.45, 7) is 8.33. The lowest BCUT2D eigenvalue weighted by Gasteiger charge is -2.27. The summed E-state index contributed by atoms with van der Waals surface area (Å²) in [5, 5.41) is 3.51. The molecule has 0 saturated heterocycles. The second-order valence-electron chi connectivity index (χ2n) is 6.36. The van der Waals surface area contributed by atoms with E-state index in [0.717, 1.165) is 19.1 Å². The molecule has 0 bridgehead atoms. The molecule has 2 rings (SSSR count). The molecule has 1 unspecified atom stereocenters. The Kier molecular flexibility index (Phi) is 6.06. The first kappa shape index (κ1) is 15.5. The van der Waals surface area contributed by atoms with E-state index in [1.165, 1.54) is 36.8 Å². The zero-order chi connectivity index (χ0) is 14.4. The van der Waals surface area contributed by atoms with Gasteiger partial charge >= 0.3 is 0 Å². The SMILES string of the molecule is Cc1ccccc1C(CNC(C)C)OCCC1CCC1. The molecule has 20 heavy (non-hydrogen) atoms. The number of hydrogen-bond donors (Lipinski definition) is 1. The molecule has 2 heteroatoms. The second-order valence-corrected chi connectivity index (χ2v) is 6.36. The van der Waals surface area contributed by atoms with Crippen LogP contribution in [0.1, 0.15) is 56.8 Å². The van der Waals surface area contributed by atoms with Crippen LogP contribution in [0.5, 0.6) is 0 Å². The molecule has 1 N–H and O–H groups in total. The first-order valence-electron chi connectivity index (χ1n) is 8.07. The first-order valence-corrected chi connectivity index (χ1v) is 8.07. The number of ether oxygens (including phenoxy) is 1. The van der Waals surface area contributed by atoms with Gasteiger partial charge in [-0.2, -0.15) is 0 Å². The van der Waals surface area contributed by atoms with Gasteiger partial charge in [0.25, 0.3) is 0 Å². The van der Waals surface area contributed by atoms with Crippen molar-refractivity contribution in [2.45, 2.75) is 58.6 Å². The van der Waals surface area contributed by atoms with Crippen LogP contribution in [0.15, 0.2) is 24.3 Å². The van der Waals surface area contributed by atoms with Gasteiger partial charge in [0.15, 0.2) is 0 Å². The normalized spacial score (nSPS) is 17.2. The number of nitrogens with one attached hydrogen (secondary N) is 1. The van der Waals surface area contributed by atoms with Gasteiger partial charge in [0, 0.05) is 19.2 Å². The Morgan fingerprint density at radius 1 is 1.25 bits per heavy atom. The van der Waals surface area contributed by atoms with Gasteiger partial charge in [0.1, 0.15) is 0 Å². The summed E-state index contributed by atoms with van der Waals surface area (Å²) in [5.74, 6) is 0.922. The molecule has 1 aliphatic rings. The zero-order valence-electron chi connectivity index (χ0n) is 13.2. The van der Waals surface area contributed by atoms with Gasteiger partial charge in [0.2, 0.25) is 0 Å². The number of benzene rings is 1. The molecule has 112 valence electrons.